The fourth-order valence-corrected chi connectivity index (χ4v) is 3.28. The van der Waals surface area contributed by atoms with Gasteiger partial charge in [-0.2, -0.15) is 0 Å². The number of benzene rings is 2. The number of hydrogen-bond acceptors (Lipinski definition) is 8. The van der Waals surface area contributed by atoms with Gasteiger partial charge in [0.2, 0.25) is 11.8 Å². The number of alkyl carbamates (subject to hydrolysis) is 1. The molecule has 0 radical (unpaired) electrons. The molecule has 0 aliphatic carbocycles. The molecule has 11 nitrogen and oxygen atoms in total. The Morgan fingerprint density at radius 3 is 1.57 bits per heavy atom. The Balaban J connectivity index is 2.04. The Hall–Kier alpha value is -3.96. The smallest absolute Gasteiger partial charge is 0.408 e. The minimum Gasteiger partial charge on any atom is -0.460 e. The lowest BCUT2D eigenvalue weighted by atomic mass is 10.1. The van der Waals surface area contributed by atoms with Gasteiger partial charge in [0.25, 0.3) is 0 Å². The maximum atomic E-state index is 13.3. The van der Waals surface area contributed by atoms with E-state index in [4.69, 9.17) is 18.9 Å². The van der Waals surface area contributed by atoms with Gasteiger partial charge in [-0.05, 0) is 52.7 Å². The van der Waals surface area contributed by atoms with Gasteiger partial charge in [0.05, 0.1) is 24.4 Å². The van der Waals surface area contributed by atoms with Gasteiger partial charge in [-0.25, -0.2) is 4.79 Å². The molecule has 0 spiro atoms. The van der Waals surface area contributed by atoms with Crippen LogP contribution in [0.1, 0.15) is 52.7 Å². The molecule has 3 amide bonds. The van der Waals surface area contributed by atoms with Crippen LogP contribution in [-0.4, -0.2) is 66.9 Å². The number of esters is 1. The fourth-order valence-electron chi connectivity index (χ4n) is 3.28. The first-order valence-electron chi connectivity index (χ1n) is 13.7. The number of amides is 3. The summed E-state index contributed by atoms with van der Waals surface area (Å²) >= 11 is 0. The van der Waals surface area contributed by atoms with Crippen molar-refractivity contribution < 1.29 is 38.1 Å². The van der Waals surface area contributed by atoms with Crippen molar-refractivity contribution in [2.45, 2.75) is 78.0 Å². The summed E-state index contributed by atoms with van der Waals surface area (Å²) in [5, 5.41) is 7.61. The van der Waals surface area contributed by atoms with Gasteiger partial charge in [-0.1, -0.05) is 60.7 Å². The quantitative estimate of drug-likeness (QED) is 0.287. The van der Waals surface area contributed by atoms with Crippen molar-refractivity contribution >= 4 is 23.9 Å². The van der Waals surface area contributed by atoms with Crippen molar-refractivity contribution in [2.24, 2.45) is 0 Å². The zero-order chi connectivity index (χ0) is 31.2. The zero-order valence-electron chi connectivity index (χ0n) is 25.2. The number of rotatable bonds is 14. The molecule has 11 heteroatoms. The Labute approximate surface area is 247 Å². The summed E-state index contributed by atoms with van der Waals surface area (Å²) < 4.78 is 22.0. The standard InChI is InChI=1S/C31H43N3O8/c1-30(2,3)41-20-24(27(36)32-17-26(35)39-18-22-13-9-7-10-14-22)33-28(37)25(21-42-31(4,5)6)34-29(38)40-19-23-15-11-8-12-16-23/h7-16,24-25H,17-21H2,1-6H3,(H,32,36)(H,33,37)(H,34,38)/t24-,25-/m0/s1. The average Bonchev–Trinajstić information content (AvgIpc) is 2.93. The van der Waals surface area contributed by atoms with Crippen molar-refractivity contribution in [1.82, 2.24) is 16.0 Å². The first-order chi connectivity index (χ1) is 19.7. The molecule has 0 saturated carbocycles. The molecule has 2 rings (SSSR count). The van der Waals surface area contributed by atoms with E-state index in [2.05, 4.69) is 16.0 Å². The maximum absolute atomic E-state index is 13.3. The van der Waals surface area contributed by atoms with Crippen molar-refractivity contribution in [3.63, 3.8) is 0 Å². The number of hydrogen-bond donors (Lipinski definition) is 3. The molecule has 0 aliphatic heterocycles. The van der Waals surface area contributed by atoms with E-state index in [1.807, 2.05) is 48.5 Å². The largest absolute Gasteiger partial charge is 0.460 e. The molecule has 0 saturated heterocycles. The van der Waals surface area contributed by atoms with E-state index in [0.717, 1.165) is 11.1 Å². The van der Waals surface area contributed by atoms with Crippen LogP contribution in [0.2, 0.25) is 0 Å². The average molecular weight is 586 g/mol. The molecule has 2 aromatic carbocycles. The molecule has 2 atom stereocenters. The predicted molar refractivity (Wildman–Crippen MR) is 156 cm³/mol. The summed E-state index contributed by atoms with van der Waals surface area (Å²) in [4.78, 5) is 51.1. The second-order valence-corrected chi connectivity index (χ2v) is 11.5. The second-order valence-electron chi connectivity index (χ2n) is 11.5. The zero-order valence-corrected chi connectivity index (χ0v) is 25.2. The van der Waals surface area contributed by atoms with Gasteiger partial charge >= 0.3 is 12.1 Å². The maximum Gasteiger partial charge on any atom is 0.408 e. The molecule has 230 valence electrons. The van der Waals surface area contributed by atoms with Crippen LogP contribution in [0.4, 0.5) is 4.79 Å². The highest BCUT2D eigenvalue weighted by Gasteiger charge is 2.30. The monoisotopic (exact) mass is 585 g/mol. The molecule has 3 N–H and O–H groups in total. The van der Waals surface area contributed by atoms with E-state index >= 15 is 0 Å². The molecule has 0 unspecified atom stereocenters. The number of carbonyl (C=O) groups is 4. The van der Waals surface area contributed by atoms with E-state index in [-0.39, 0.29) is 26.4 Å². The van der Waals surface area contributed by atoms with Gasteiger partial charge in [-0.3, -0.25) is 14.4 Å². The van der Waals surface area contributed by atoms with Gasteiger partial charge in [0.1, 0.15) is 31.8 Å². The molecule has 42 heavy (non-hydrogen) atoms. The van der Waals surface area contributed by atoms with Gasteiger partial charge in [0.15, 0.2) is 0 Å². The van der Waals surface area contributed by atoms with E-state index in [1.54, 1.807) is 53.7 Å². The van der Waals surface area contributed by atoms with Crippen molar-refractivity contribution in [3.8, 4) is 0 Å². The number of nitrogens with one attached hydrogen (secondary N) is 3. The van der Waals surface area contributed by atoms with Crippen LogP contribution in [0.3, 0.4) is 0 Å². The van der Waals surface area contributed by atoms with E-state index in [0.29, 0.717) is 0 Å². The van der Waals surface area contributed by atoms with E-state index in [1.165, 1.54) is 0 Å². The van der Waals surface area contributed by atoms with Crippen LogP contribution in [0.15, 0.2) is 60.7 Å². The van der Waals surface area contributed by atoms with Crippen LogP contribution in [0.5, 0.6) is 0 Å². The molecular weight excluding hydrogens is 542 g/mol. The van der Waals surface area contributed by atoms with E-state index in [9.17, 15) is 19.2 Å². The Morgan fingerprint density at radius 1 is 0.643 bits per heavy atom. The first kappa shape index (κ1) is 34.2. The topological polar surface area (TPSA) is 141 Å². The Bertz CT molecular complexity index is 1140. The van der Waals surface area contributed by atoms with Gasteiger partial charge < -0.3 is 34.9 Å². The fraction of sp³-hybridized carbons (Fsp3) is 0.484. The van der Waals surface area contributed by atoms with Crippen molar-refractivity contribution in [1.29, 1.82) is 0 Å². The van der Waals surface area contributed by atoms with Crippen LogP contribution < -0.4 is 16.0 Å². The molecule has 0 aromatic heterocycles. The molecule has 0 bridgehead atoms. The lowest BCUT2D eigenvalue weighted by Crippen LogP contribution is -2.57. The van der Waals surface area contributed by atoms with Crippen molar-refractivity contribution in [3.05, 3.63) is 71.8 Å². The minimum absolute atomic E-state index is 0.00592. The highest BCUT2D eigenvalue weighted by molar-refractivity contribution is 5.92. The molecule has 0 aliphatic rings. The molecule has 0 fully saturated rings. The summed E-state index contributed by atoms with van der Waals surface area (Å²) in [5.41, 5.74) is 0.351. The highest BCUT2D eigenvalue weighted by atomic mass is 16.6. The Kier molecular flexibility index (Phi) is 13.4. The molecular formula is C31H43N3O8. The molecule has 2 aromatic rings. The van der Waals surface area contributed by atoms with Gasteiger partial charge in [-0.15, -0.1) is 0 Å². The lowest BCUT2D eigenvalue weighted by molar-refractivity contribution is -0.145. The summed E-state index contributed by atoms with van der Waals surface area (Å²) in [6.07, 6.45) is -0.829. The third-order valence-corrected chi connectivity index (χ3v) is 5.47. The van der Waals surface area contributed by atoms with Crippen LogP contribution in [0.25, 0.3) is 0 Å². The lowest BCUT2D eigenvalue weighted by Gasteiger charge is -2.28. The second kappa shape index (κ2) is 16.5. The van der Waals surface area contributed by atoms with Crippen LogP contribution >= 0.6 is 0 Å². The normalized spacial score (nSPS) is 12.9. The highest BCUT2D eigenvalue weighted by Crippen LogP contribution is 2.10. The van der Waals surface area contributed by atoms with Crippen LogP contribution in [0, 0.1) is 0 Å². The number of ether oxygens (including phenoxy) is 4. The third-order valence-electron chi connectivity index (χ3n) is 5.47. The summed E-state index contributed by atoms with van der Waals surface area (Å²) in [6.45, 7) is 10.1. The summed E-state index contributed by atoms with van der Waals surface area (Å²) in [6, 6.07) is 15.8. The SMILES string of the molecule is CC(C)(C)OC[C@H](NC(=O)OCc1ccccc1)C(=O)N[C@@H](COC(C)(C)C)C(=O)NCC(=O)OCc1ccccc1. The van der Waals surface area contributed by atoms with E-state index < -0.39 is 53.7 Å². The Morgan fingerprint density at radius 2 is 1.10 bits per heavy atom. The van der Waals surface area contributed by atoms with Crippen LogP contribution in [-0.2, 0) is 46.5 Å². The number of carbonyl (C=O) groups excluding carboxylic acids is 4. The predicted octanol–water partition coefficient (Wildman–Crippen LogP) is 3.26. The van der Waals surface area contributed by atoms with Gasteiger partial charge in [0, 0.05) is 0 Å². The molecule has 0 heterocycles. The minimum atomic E-state index is -1.19. The summed E-state index contributed by atoms with van der Waals surface area (Å²) in [7, 11) is 0. The first-order valence-corrected chi connectivity index (χ1v) is 13.7. The summed E-state index contributed by atoms with van der Waals surface area (Å²) in [5.74, 6) is -2.00. The van der Waals surface area contributed by atoms with Crippen molar-refractivity contribution in [2.75, 3.05) is 19.8 Å². The third kappa shape index (κ3) is 14.6.